The third-order valence-electron chi connectivity index (χ3n) is 2.59. The summed E-state index contributed by atoms with van der Waals surface area (Å²) in [6.07, 6.45) is 0. The minimum atomic E-state index is 0.420. The lowest BCUT2D eigenvalue weighted by Gasteiger charge is -1.96. The number of fused-ring (bicyclic) bond motifs is 3. The number of alkyl halides is 1. The number of hydrogen-bond acceptors (Lipinski definition) is 1. The number of rotatable bonds is 1. The molecule has 1 nitrogen and oxygen atoms in total. The van der Waals surface area contributed by atoms with Crippen LogP contribution >= 0.6 is 11.6 Å². The predicted molar refractivity (Wildman–Crippen MR) is 63.3 cm³/mol. The van der Waals surface area contributed by atoms with Gasteiger partial charge in [-0.1, -0.05) is 36.4 Å². The molecule has 0 unspecified atom stereocenters. The van der Waals surface area contributed by atoms with E-state index in [0.29, 0.717) is 5.88 Å². The monoisotopic (exact) mass is 216 g/mol. The van der Waals surface area contributed by atoms with Crippen molar-refractivity contribution in [2.45, 2.75) is 5.88 Å². The molecule has 1 heterocycles. The number of benzene rings is 2. The van der Waals surface area contributed by atoms with Crippen LogP contribution in [0.5, 0.6) is 0 Å². The molecule has 74 valence electrons. The fraction of sp³-hybridized carbons (Fsp3) is 0.0769. The Morgan fingerprint density at radius 1 is 1.00 bits per heavy atom. The van der Waals surface area contributed by atoms with E-state index in [9.17, 15) is 0 Å². The fourth-order valence-corrected chi connectivity index (χ4v) is 2.02. The third-order valence-corrected chi connectivity index (χ3v) is 2.85. The fourth-order valence-electron chi connectivity index (χ4n) is 1.89. The van der Waals surface area contributed by atoms with Crippen molar-refractivity contribution in [3.8, 4) is 0 Å². The zero-order valence-corrected chi connectivity index (χ0v) is 8.79. The largest absolute Gasteiger partial charge is 0.459 e. The van der Waals surface area contributed by atoms with Crippen LogP contribution in [0.15, 0.2) is 46.9 Å². The van der Waals surface area contributed by atoms with Gasteiger partial charge in [0.25, 0.3) is 0 Å². The molecule has 1 aromatic heterocycles. The second-order valence-corrected chi connectivity index (χ2v) is 3.82. The van der Waals surface area contributed by atoms with Gasteiger partial charge in [0, 0.05) is 10.8 Å². The normalized spacial score (nSPS) is 11.3. The molecule has 15 heavy (non-hydrogen) atoms. The van der Waals surface area contributed by atoms with Gasteiger partial charge in [-0.15, -0.1) is 11.6 Å². The average Bonchev–Trinajstić information content (AvgIpc) is 2.72. The third kappa shape index (κ3) is 1.31. The first-order valence-electron chi connectivity index (χ1n) is 4.84. The van der Waals surface area contributed by atoms with Crippen LogP contribution in [0.1, 0.15) is 5.76 Å². The van der Waals surface area contributed by atoms with Gasteiger partial charge in [0.2, 0.25) is 0 Å². The summed E-state index contributed by atoms with van der Waals surface area (Å²) in [5, 5.41) is 3.45. The Kier molecular flexibility index (Phi) is 1.93. The Morgan fingerprint density at radius 2 is 1.80 bits per heavy atom. The Hall–Kier alpha value is -1.47. The van der Waals surface area contributed by atoms with E-state index in [2.05, 4.69) is 24.3 Å². The Morgan fingerprint density at radius 3 is 2.67 bits per heavy atom. The first kappa shape index (κ1) is 8.81. The molecule has 2 heteroatoms. The highest BCUT2D eigenvalue weighted by atomic mass is 35.5. The van der Waals surface area contributed by atoms with Crippen molar-refractivity contribution in [2.24, 2.45) is 0 Å². The molecule has 0 aliphatic carbocycles. The SMILES string of the molecule is ClCc1cc2ccc3ccccc3c2o1. The molecular formula is C13H9ClO. The summed E-state index contributed by atoms with van der Waals surface area (Å²) in [6.45, 7) is 0. The lowest BCUT2D eigenvalue weighted by molar-refractivity contribution is 0.575. The van der Waals surface area contributed by atoms with Crippen molar-refractivity contribution in [3.05, 3.63) is 48.2 Å². The molecule has 0 amide bonds. The minimum Gasteiger partial charge on any atom is -0.459 e. The molecule has 0 spiro atoms. The maximum absolute atomic E-state index is 5.76. The lowest BCUT2D eigenvalue weighted by Crippen LogP contribution is -1.71. The number of hydrogen-bond donors (Lipinski definition) is 0. The van der Waals surface area contributed by atoms with Crippen molar-refractivity contribution in [3.63, 3.8) is 0 Å². The molecule has 0 radical (unpaired) electrons. The van der Waals surface area contributed by atoms with E-state index in [1.54, 1.807) is 0 Å². The van der Waals surface area contributed by atoms with Crippen LogP contribution in [-0.4, -0.2) is 0 Å². The quantitative estimate of drug-likeness (QED) is 0.552. The predicted octanol–water partition coefficient (Wildman–Crippen LogP) is 4.32. The molecule has 0 atom stereocenters. The van der Waals surface area contributed by atoms with Crippen LogP contribution in [0.25, 0.3) is 21.7 Å². The summed E-state index contributed by atoms with van der Waals surface area (Å²) in [4.78, 5) is 0. The van der Waals surface area contributed by atoms with Gasteiger partial charge in [0.05, 0.1) is 5.88 Å². The number of halogens is 1. The molecule has 0 saturated carbocycles. The first-order valence-corrected chi connectivity index (χ1v) is 5.38. The molecule has 0 fully saturated rings. The van der Waals surface area contributed by atoms with Crippen LogP contribution in [-0.2, 0) is 5.88 Å². The van der Waals surface area contributed by atoms with Crippen molar-refractivity contribution < 1.29 is 4.42 Å². The molecule has 0 saturated heterocycles. The summed E-state index contributed by atoms with van der Waals surface area (Å²) in [5.74, 6) is 1.24. The Bertz CT molecular complexity index is 625. The highest BCUT2D eigenvalue weighted by Crippen LogP contribution is 2.28. The van der Waals surface area contributed by atoms with Crippen molar-refractivity contribution >= 4 is 33.3 Å². The zero-order chi connectivity index (χ0) is 10.3. The van der Waals surface area contributed by atoms with Gasteiger partial charge in [0.15, 0.2) is 0 Å². The summed E-state index contributed by atoms with van der Waals surface area (Å²) in [6, 6.07) is 14.4. The Labute approximate surface area is 92.3 Å². The molecule has 3 aromatic rings. The zero-order valence-electron chi connectivity index (χ0n) is 8.03. The van der Waals surface area contributed by atoms with E-state index in [4.69, 9.17) is 16.0 Å². The lowest BCUT2D eigenvalue weighted by atomic mass is 10.1. The topological polar surface area (TPSA) is 13.1 Å². The van der Waals surface area contributed by atoms with Gasteiger partial charge in [-0.3, -0.25) is 0 Å². The van der Waals surface area contributed by atoms with E-state index in [1.807, 2.05) is 18.2 Å². The summed E-state index contributed by atoms with van der Waals surface area (Å²) < 4.78 is 5.70. The van der Waals surface area contributed by atoms with Gasteiger partial charge in [0.1, 0.15) is 11.3 Å². The summed E-state index contributed by atoms with van der Waals surface area (Å²) in [5.41, 5.74) is 0.934. The van der Waals surface area contributed by atoms with Gasteiger partial charge in [-0.25, -0.2) is 0 Å². The van der Waals surface area contributed by atoms with Crippen LogP contribution < -0.4 is 0 Å². The van der Waals surface area contributed by atoms with Crippen LogP contribution in [0.2, 0.25) is 0 Å². The molecule has 0 aliphatic rings. The van der Waals surface area contributed by atoms with Crippen LogP contribution in [0.4, 0.5) is 0 Å². The van der Waals surface area contributed by atoms with Crippen molar-refractivity contribution in [1.29, 1.82) is 0 Å². The maximum atomic E-state index is 5.76. The van der Waals surface area contributed by atoms with E-state index in [-0.39, 0.29) is 0 Å². The summed E-state index contributed by atoms with van der Waals surface area (Å²) in [7, 11) is 0. The van der Waals surface area contributed by atoms with E-state index in [0.717, 1.165) is 22.1 Å². The van der Waals surface area contributed by atoms with E-state index < -0.39 is 0 Å². The van der Waals surface area contributed by atoms with Gasteiger partial charge >= 0.3 is 0 Å². The second-order valence-electron chi connectivity index (χ2n) is 3.55. The van der Waals surface area contributed by atoms with E-state index >= 15 is 0 Å². The maximum Gasteiger partial charge on any atom is 0.142 e. The summed E-state index contributed by atoms with van der Waals surface area (Å²) >= 11 is 5.76. The van der Waals surface area contributed by atoms with Crippen LogP contribution in [0.3, 0.4) is 0 Å². The van der Waals surface area contributed by atoms with E-state index in [1.165, 1.54) is 5.39 Å². The highest BCUT2D eigenvalue weighted by Gasteiger charge is 2.05. The van der Waals surface area contributed by atoms with Gasteiger partial charge in [-0.2, -0.15) is 0 Å². The highest BCUT2D eigenvalue weighted by molar-refractivity contribution is 6.17. The molecule has 0 aliphatic heterocycles. The molecule has 0 bridgehead atoms. The number of furan rings is 1. The minimum absolute atomic E-state index is 0.420. The van der Waals surface area contributed by atoms with Crippen molar-refractivity contribution in [1.82, 2.24) is 0 Å². The van der Waals surface area contributed by atoms with Crippen molar-refractivity contribution in [2.75, 3.05) is 0 Å². The average molecular weight is 217 g/mol. The second kappa shape index (κ2) is 3.28. The van der Waals surface area contributed by atoms with Crippen LogP contribution in [0, 0.1) is 0 Å². The molecule has 0 N–H and O–H groups in total. The Balaban J connectivity index is 2.47. The standard InChI is InChI=1S/C13H9ClO/c14-8-11-7-10-6-5-9-3-1-2-4-12(9)13(10)15-11/h1-7H,8H2. The molecule has 2 aromatic carbocycles. The van der Waals surface area contributed by atoms with Gasteiger partial charge < -0.3 is 4.42 Å². The van der Waals surface area contributed by atoms with Gasteiger partial charge in [-0.05, 0) is 11.5 Å². The molecule has 3 rings (SSSR count). The smallest absolute Gasteiger partial charge is 0.142 e. The first-order chi connectivity index (χ1) is 7.38. The molecular weight excluding hydrogens is 208 g/mol.